The van der Waals surface area contributed by atoms with Gasteiger partial charge in [-0.15, -0.1) is 0 Å². The Balaban J connectivity index is 1.05. The van der Waals surface area contributed by atoms with Crippen LogP contribution in [0, 0.1) is 11.3 Å². The molecule has 0 aliphatic carbocycles. The number of amides is 2. The van der Waals surface area contributed by atoms with Crippen molar-refractivity contribution in [2.75, 3.05) is 33.3 Å². The van der Waals surface area contributed by atoms with Crippen LogP contribution in [0.2, 0.25) is 0 Å². The summed E-state index contributed by atoms with van der Waals surface area (Å²) in [6.07, 6.45) is 4.71. The molecule has 2 fully saturated rings. The molecule has 9 nitrogen and oxygen atoms in total. The van der Waals surface area contributed by atoms with E-state index in [1.807, 2.05) is 12.1 Å². The van der Waals surface area contributed by atoms with Gasteiger partial charge in [0.25, 0.3) is 11.8 Å². The Morgan fingerprint density at radius 2 is 1.61 bits per heavy atom. The SMILES string of the molecule is COc1ccc(CN2CCC(NC(=O)c3ccc(C(=O)N4CCC(Oc5ccc(C#N)cc5)CC4)cn3)CC2)cc1. The highest BCUT2D eigenvalue weighted by Gasteiger charge is 2.26. The number of nitrogens with zero attached hydrogens (tertiary/aromatic N) is 4. The van der Waals surface area contributed by atoms with Gasteiger partial charge in [0.05, 0.1) is 24.3 Å². The summed E-state index contributed by atoms with van der Waals surface area (Å²) in [4.78, 5) is 34.4. The van der Waals surface area contributed by atoms with Crippen LogP contribution in [0.1, 0.15) is 57.7 Å². The zero-order valence-electron chi connectivity index (χ0n) is 23.3. The van der Waals surface area contributed by atoms with E-state index in [9.17, 15) is 9.59 Å². The molecule has 1 aromatic heterocycles. The number of carbonyl (C=O) groups is 2. The highest BCUT2D eigenvalue weighted by Crippen LogP contribution is 2.21. The number of pyridine rings is 1. The third-order valence-electron chi connectivity index (χ3n) is 7.75. The van der Waals surface area contributed by atoms with Crippen molar-refractivity contribution < 1.29 is 19.1 Å². The van der Waals surface area contributed by atoms with Gasteiger partial charge in [-0.25, -0.2) is 0 Å². The third kappa shape index (κ3) is 7.41. The fourth-order valence-corrected chi connectivity index (χ4v) is 5.30. The quantitative estimate of drug-likeness (QED) is 0.449. The Kier molecular flexibility index (Phi) is 9.12. The van der Waals surface area contributed by atoms with Gasteiger partial charge in [0.15, 0.2) is 0 Å². The largest absolute Gasteiger partial charge is 0.497 e. The average molecular weight is 554 g/mol. The first-order valence-corrected chi connectivity index (χ1v) is 14.1. The summed E-state index contributed by atoms with van der Waals surface area (Å²) in [5.41, 5.74) is 2.63. The molecule has 1 N–H and O–H groups in total. The summed E-state index contributed by atoms with van der Waals surface area (Å²) < 4.78 is 11.3. The first-order chi connectivity index (χ1) is 20.0. The molecule has 0 spiro atoms. The standard InChI is InChI=1S/C32H35N5O4/c1-40-27-7-4-24(5-8-27)22-36-16-12-26(13-17-36)35-31(38)30-11-6-25(21-34-30)32(39)37-18-14-29(15-19-37)41-28-9-2-23(20-33)3-10-28/h2-11,21,26,29H,12-19,22H2,1H3,(H,35,38). The van der Waals surface area contributed by atoms with Gasteiger partial charge in [-0.1, -0.05) is 12.1 Å². The molecule has 2 saturated heterocycles. The Morgan fingerprint density at radius 1 is 0.927 bits per heavy atom. The highest BCUT2D eigenvalue weighted by molar-refractivity contribution is 5.96. The maximum atomic E-state index is 13.0. The van der Waals surface area contributed by atoms with E-state index in [1.54, 1.807) is 48.4 Å². The van der Waals surface area contributed by atoms with E-state index in [2.05, 4.69) is 33.4 Å². The Labute approximate surface area is 240 Å². The number of hydrogen-bond donors (Lipinski definition) is 1. The molecular weight excluding hydrogens is 518 g/mol. The van der Waals surface area contributed by atoms with Crippen LogP contribution in [0.5, 0.6) is 11.5 Å². The second-order valence-electron chi connectivity index (χ2n) is 10.5. The number of carbonyl (C=O) groups excluding carboxylic acids is 2. The van der Waals surface area contributed by atoms with Gasteiger partial charge < -0.3 is 19.7 Å². The number of nitrogens with one attached hydrogen (secondary N) is 1. The van der Waals surface area contributed by atoms with Crippen molar-refractivity contribution in [3.05, 3.63) is 89.2 Å². The summed E-state index contributed by atoms with van der Waals surface area (Å²) >= 11 is 0. The maximum Gasteiger partial charge on any atom is 0.270 e. The van der Waals surface area contributed by atoms with Gasteiger partial charge in [-0.3, -0.25) is 19.5 Å². The van der Waals surface area contributed by atoms with E-state index < -0.39 is 0 Å². The topological polar surface area (TPSA) is 108 Å². The number of aromatic nitrogens is 1. The van der Waals surface area contributed by atoms with E-state index in [0.717, 1.165) is 56.8 Å². The Bertz CT molecular complexity index is 1350. The van der Waals surface area contributed by atoms with Crippen LogP contribution in [-0.2, 0) is 6.54 Å². The lowest BCUT2D eigenvalue weighted by Crippen LogP contribution is -2.44. The predicted octanol–water partition coefficient (Wildman–Crippen LogP) is 4.04. The second-order valence-corrected chi connectivity index (χ2v) is 10.5. The Hall–Kier alpha value is -4.42. The van der Waals surface area contributed by atoms with E-state index in [-0.39, 0.29) is 24.0 Å². The first kappa shape index (κ1) is 28.1. The minimum atomic E-state index is -0.210. The zero-order valence-corrected chi connectivity index (χ0v) is 23.3. The maximum absolute atomic E-state index is 13.0. The molecule has 3 heterocycles. The molecule has 0 radical (unpaired) electrons. The minimum absolute atomic E-state index is 0.0190. The molecule has 212 valence electrons. The number of benzene rings is 2. The molecule has 0 bridgehead atoms. The second kappa shape index (κ2) is 13.3. The molecule has 2 aromatic carbocycles. The molecule has 0 atom stereocenters. The van der Waals surface area contributed by atoms with Crippen molar-refractivity contribution in [2.45, 2.75) is 44.4 Å². The lowest BCUT2D eigenvalue weighted by Gasteiger charge is -2.32. The van der Waals surface area contributed by atoms with E-state index in [0.29, 0.717) is 29.9 Å². The number of hydrogen-bond acceptors (Lipinski definition) is 7. The van der Waals surface area contributed by atoms with Crippen molar-refractivity contribution in [3.8, 4) is 17.6 Å². The lowest BCUT2D eigenvalue weighted by molar-refractivity contribution is 0.0594. The smallest absolute Gasteiger partial charge is 0.270 e. The van der Waals surface area contributed by atoms with Gasteiger partial charge in [0, 0.05) is 57.8 Å². The van der Waals surface area contributed by atoms with Crippen molar-refractivity contribution in [2.24, 2.45) is 0 Å². The molecule has 9 heteroatoms. The van der Waals surface area contributed by atoms with Gasteiger partial charge >= 0.3 is 0 Å². The van der Waals surface area contributed by atoms with E-state index >= 15 is 0 Å². The van der Waals surface area contributed by atoms with Crippen LogP contribution in [0.4, 0.5) is 0 Å². The number of likely N-dealkylation sites (tertiary alicyclic amines) is 2. The van der Waals surface area contributed by atoms with Crippen LogP contribution in [0.3, 0.4) is 0 Å². The van der Waals surface area contributed by atoms with Gasteiger partial charge in [-0.2, -0.15) is 5.26 Å². The summed E-state index contributed by atoms with van der Waals surface area (Å²) in [5, 5.41) is 12.0. The van der Waals surface area contributed by atoms with Crippen LogP contribution in [0.25, 0.3) is 0 Å². The van der Waals surface area contributed by atoms with E-state index in [4.69, 9.17) is 14.7 Å². The average Bonchev–Trinajstić information content (AvgIpc) is 3.03. The molecular formula is C32H35N5O4. The number of piperidine rings is 2. The number of rotatable bonds is 8. The zero-order chi connectivity index (χ0) is 28.6. The van der Waals surface area contributed by atoms with Gasteiger partial charge in [-0.05, 0) is 66.9 Å². The normalized spacial score (nSPS) is 16.5. The fraction of sp³-hybridized carbons (Fsp3) is 0.375. The lowest BCUT2D eigenvalue weighted by atomic mass is 10.0. The number of ether oxygens (including phenoxy) is 2. The molecule has 0 unspecified atom stereocenters. The summed E-state index contributed by atoms with van der Waals surface area (Å²) in [7, 11) is 1.67. The van der Waals surface area contributed by atoms with Crippen molar-refractivity contribution in [3.63, 3.8) is 0 Å². The van der Waals surface area contributed by atoms with Crippen LogP contribution < -0.4 is 14.8 Å². The molecule has 2 amide bonds. The summed E-state index contributed by atoms with van der Waals surface area (Å²) in [5.74, 6) is 1.28. The molecule has 2 aliphatic heterocycles. The van der Waals surface area contributed by atoms with Crippen molar-refractivity contribution in [1.82, 2.24) is 20.1 Å². The molecule has 3 aromatic rings. The van der Waals surface area contributed by atoms with Crippen molar-refractivity contribution >= 4 is 11.8 Å². The van der Waals surface area contributed by atoms with Crippen LogP contribution in [0.15, 0.2) is 66.9 Å². The fourth-order valence-electron chi connectivity index (χ4n) is 5.30. The van der Waals surface area contributed by atoms with Crippen molar-refractivity contribution in [1.29, 1.82) is 5.26 Å². The summed E-state index contributed by atoms with van der Waals surface area (Å²) in [6, 6.07) is 20.7. The molecule has 0 saturated carbocycles. The first-order valence-electron chi connectivity index (χ1n) is 14.1. The minimum Gasteiger partial charge on any atom is -0.497 e. The van der Waals surface area contributed by atoms with Crippen LogP contribution >= 0.6 is 0 Å². The van der Waals surface area contributed by atoms with E-state index in [1.165, 1.54) is 11.8 Å². The Morgan fingerprint density at radius 3 is 2.22 bits per heavy atom. The van der Waals surface area contributed by atoms with Gasteiger partial charge in [0.1, 0.15) is 23.3 Å². The number of methoxy groups -OCH3 is 1. The highest BCUT2D eigenvalue weighted by atomic mass is 16.5. The molecule has 5 rings (SSSR count). The van der Waals surface area contributed by atoms with Crippen LogP contribution in [-0.4, -0.2) is 72.0 Å². The van der Waals surface area contributed by atoms with Gasteiger partial charge in [0.2, 0.25) is 0 Å². The third-order valence-corrected chi connectivity index (χ3v) is 7.75. The summed E-state index contributed by atoms with van der Waals surface area (Å²) in [6.45, 7) is 3.86. The monoisotopic (exact) mass is 553 g/mol. The number of nitriles is 1. The molecule has 2 aliphatic rings. The predicted molar refractivity (Wildman–Crippen MR) is 154 cm³/mol. The molecule has 41 heavy (non-hydrogen) atoms.